The number of ether oxygens (including phenoxy) is 1. The molecular formula is C20H29N3O3. The summed E-state index contributed by atoms with van der Waals surface area (Å²) in [6.07, 6.45) is -0.340. The van der Waals surface area contributed by atoms with Gasteiger partial charge in [-0.15, -0.1) is 0 Å². The van der Waals surface area contributed by atoms with Crippen molar-refractivity contribution >= 4 is 12.0 Å². The van der Waals surface area contributed by atoms with Crippen molar-refractivity contribution in [3.63, 3.8) is 0 Å². The van der Waals surface area contributed by atoms with Crippen molar-refractivity contribution in [1.82, 2.24) is 14.7 Å². The second-order valence-corrected chi connectivity index (χ2v) is 6.69. The second-order valence-electron chi connectivity index (χ2n) is 6.69. The van der Waals surface area contributed by atoms with Crippen LogP contribution in [0, 0.1) is 0 Å². The first-order valence-electron chi connectivity index (χ1n) is 9.11. The third-order valence-corrected chi connectivity index (χ3v) is 4.58. The average molecular weight is 359 g/mol. The first kappa shape index (κ1) is 20.0. The molecule has 0 spiro atoms. The van der Waals surface area contributed by atoms with Gasteiger partial charge in [0.1, 0.15) is 5.75 Å². The first-order chi connectivity index (χ1) is 12.4. The number of amides is 2. The van der Waals surface area contributed by atoms with Gasteiger partial charge in [-0.25, -0.2) is 4.79 Å². The first-order valence-corrected chi connectivity index (χ1v) is 9.11. The third-order valence-electron chi connectivity index (χ3n) is 4.58. The molecule has 1 atom stereocenters. The molecule has 1 fully saturated rings. The number of rotatable bonds is 6. The lowest BCUT2D eigenvalue weighted by Gasteiger charge is -2.38. The Bertz CT molecular complexity index is 624. The molecule has 1 heterocycles. The lowest BCUT2D eigenvalue weighted by Crippen LogP contribution is -2.56. The van der Waals surface area contributed by atoms with Crippen LogP contribution in [-0.2, 0) is 4.79 Å². The zero-order chi connectivity index (χ0) is 19.1. The maximum absolute atomic E-state index is 12.7. The molecule has 1 saturated heterocycles. The second kappa shape index (κ2) is 9.38. The van der Waals surface area contributed by atoms with Crippen LogP contribution < -0.4 is 4.74 Å². The topological polar surface area (TPSA) is 53.1 Å². The Balaban J connectivity index is 1.85. The quantitative estimate of drug-likeness (QED) is 0.733. The molecule has 0 bridgehead atoms. The number of carbonyl (C=O) groups excluding carboxylic acids is 2. The van der Waals surface area contributed by atoms with Crippen molar-refractivity contribution in [2.45, 2.75) is 26.8 Å². The summed E-state index contributed by atoms with van der Waals surface area (Å²) >= 11 is 0. The summed E-state index contributed by atoms with van der Waals surface area (Å²) in [4.78, 5) is 30.6. The minimum Gasteiger partial charge on any atom is -0.410 e. The van der Waals surface area contributed by atoms with Gasteiger partial charge < -0.3 is 14.5 Å². The van der Waals surface area contributed by atoms with Crippen LogP contribution in [0.25, 0.3) is 0 Å². The molecule has 1 aliphatic heterocycles. The summed E-state index contributed by atoms with van der Waals surface area (Å²) in [5.41, 5.74) is 0.973. The highest BCUT2D eigenvalue weighted by molar-refractivity contribution is 5.81. The fraction of sp³-hybridized carbons (Fsp3) is 0.500. The van der Waals surface area contributed by atoms with Gasteiger partial charge in [0.05, 0.1) is 6.04 Å². The molecule has 2 amide bonds. The van der Waals surface area contributed by atoms with Gasteiger partial charge >= 0.3 is 6.09 Å². The number of hydrogen-bond donors (Lipinski definition) is 0. The monoisotopic (exact) mass is 359 g/mol. The summed E-state index contributed by atoms with van der Waals surface area (Å²) in [5.74, 6) is 0.651. The van der Waals surface area contributed by atoms with Crippen LogP contribution in [0.5, 0.6) is 5.75 Å². The lowest BCUT2D eigenvalue weighted by atomic mass is 10.2. The Morgan fingerprint density at radius 2 is 1.81 bits per heavy atom. The van der Waals surface area contributed by atoms with Crippen LogP contribution in [0.15, 0.2) is 42.5 Å². The van der Waals surface area contributed by atoms with Gasteiger partial charge in [-0.2, -0.15) is 0 Å². The van der Waals surface area contributed by atoms with Crippen molar-refractivity contribution in [3.8, 4) is 5.75 Å². The van der Waals surface area contributed by atoms with E-state index in [-0.39, 0.29) is 18.0 Å². The number of carbonyl (C=O) groups is 2. The molecule has 1 aromatic rings. The molecule has 0 radical (unpaired) electrons. The van der Waals surface area contributed by atoms with Crippen LogP contribution in [-0.4, -0.2) is 72.0 Å². The van der Waals surface area contributed by atoms with Crippen molar-refractivity contribution in [2.75, 3.05) is 39.3 Å². The summed E-state index contributed by atoms with van der Waals surface area (Å²) in [7, 11) is 0. The Kier molecular flexibility index (Phi) is 7.21. The summed E-state index contributed by atoms with van der Waals surface area (Å²) in [6, 6.07) is 8.85. The summed E-state index contributed by atoms with van der Waals surface area (Å²) in [5, 5.41) is 0. The third kappa shape index (κ3) is 5.33. The highest BCUT2D eigenvalue weighted by Crippen LogP contribution is 2.14. The molecule has 0 aromatic heterocycles. The molecule has 26 heavy (non-hydrogen) atoms. The van der Waals surface area contributed by atoms with Gasteiger partial charge in [0, 0.05) is 39.3 Å². The molecule has 6 nitrogen and oxygen atoms in total. The molecule has 2 rings (SSSR count). The van der Waals surface area contributed by atoms with E-state index in [1.165, 1.54) is 0 Å². The van der Waals surface area contributed by atoms with Crippen LogP contribution in [0.3, 0.4) is 0 Å². The summed E-state index contributed by atoms with van der Waals surface area (Å²) < 4.78 is 5.38. The van der Waals surface area contributed by atoms with E-state index in [2.05, 4.69) is 11.5 Å². The normalized spacial score (nSPS) is 16.0. The number of benzene rings is 1. The SMILES string of the molecule is C=C(C)CN(CC)C(=O)C(C)N1CCN(C(=O)Oc2ccccc2)CC1. The Labute approximate surface area is 156 Å². The Morgan fingerprint density at radius 3 is 2.35 bits per heavy atom. The van der Waals surface area contributed by atoms with Crippen molar-refractivity contribution in [1.29, 1.82) is 0 Å². The minimum atomic E-state index is -0.340. The van der Waals surface area contributed by atoms with E-state index in [0.29, 0.717) is 45.0 Å². The van der Waals surface area contributed by atoms with Crippen LogP contribution in [0.4, 0.5) is 4.79 Å². The standard InChI is InChI=1S/C20H29N3O3/c1-5-21(15-16(2)3)19(24)17(4)22-11-13-23(14-12-22)20(25)26-18-9-7-6-8-10-18/h6-10,17H,2,5,11-15H2,1,3-4H3. The Morgan fingerprint density at radius 1 is 1.19 bits per heavy atom. The molecule has 0 saturated carbocycles. The maximum atomic E-state index is 12.7. The largest absolute Gasteiger partial charge is 0.415 e. The van der Waals surface area contributed by atoms with Gasteiger partial charge in [0.25, 0.3) is 0 Å². The van der Waals surface area contributed by atoms with E-state index in [0.717, 1.165) is 5.57 Å². The molecule has 1 unspecified atom stereocenters. The van der Waals surface area contributed by atoms with Crippen LogP contribution in [0.1, 0.15) is 20.8 Å². The summed E-state index contributed by atoms with van der Waals surface area (Å²) in [6.45, 7) is 13.4. The number of hydrogen-bond acceptors (Lipinski definition) is 4. The van der Waals surface area contributed by atoms with Crippen LogP contribution in [0.2, 0.25) is 0 Å². The zero-order valence-corrected chi connectivity index (χ0v) is 16.0. The number of nitrogens with zero attached hydrogens (tertiary/aromatic N) is 3. The maximum Gasteiger partial charge on any atom is 0.415 e. The van der Waals surface area contributed by atoms with E-state index < -0.39 is 0 Å². The molecule has 0 aliphatic carbocycles. The smallest absolute Gasteiger partial charge is 0.410 e. The predicted octanol–water partition coefficient (Wildman–Crippen LogP) is 2.62. The number of para-hydroxylation sites is 1. The van der Waals surface area contributed by atoms with Gasteiger partial charge in [-0.05, 0) is 32.9 Å². The Hall–Kier alpha value is -2.34. The van der Waals surface area contributed by atoms with Crippen molar-refractivity contribution < 1.29 is 14.3 Å². The lowest BCUT2D eigenvalue weighted by molar-refractivity contribution is -0.136. The van der Waals surface area contributed by atoms with Gasteiger partial charge in [-0.1, -0.05) is 30.4 Å². The van der Waals surface area contributed by atoms with E-state index in [9.17, 15) is 9.59 Å². The molecule has 142 valence electrons. The van der Waals surface area contributed by atoms with Gasteiger partial charge in [0.15, 0.2) is 0 Å². The molecular weight excluding hydrogens is 330 g/mol. The molecule has 0 N–H and O–H groups in total. The molecule has 6 heteroatoms. The molecule has 1 aliphatic rings. The highest BCUT2D eigenvalue weighted by Gasteiger charge is 2.30. The fourth-order valence-corrected chi connectivity index (χ4v) is 3.04. The van der Waals surface area contributed by atoms with E-state index >= 15 is 0 Å². The van der Waals surface area contributed by atoms with E-state index in [1.807, 2.05) is 43.9 Å². The predicted molar refractivity (Wildman–Crippen MR) is 102 cm³/mol. The zero-order valence-electron chi connectivity index (χ0n) is 16.0. The van der Waals surface area contributed by atoms with Gasteiger partial charge in [0.2, 0.25) is 5.91 Å². The van der Waals surface area contributed by atoms with Crippen molar-refractivity contribution in [3.05, 3.63) is 42.5 Å². The van der Waals surface area contributed by atoms with Crippen LogP contribution >= 0.6 is 0 Å². The molecule has 1 aromatic carbocycles. The fourth-order valence-electron chi connectivity index (χ4n) is 3.04. The van der Waals surface area contributed by atoms with Crippen molar-refractivity contribution in [2.24, 2.45) is 0 Å². The van der Waals surface area contributed by atoms with Gasteiger partial charge in [-0.3, -0.25) is 9.69 Å². The van der Waals surface area contributed by atoms with E-state index in [4.69, 9.17) is 4.74 Å². The van der Waals surface area contributed by atoms with E-state index in [1.54, 1.807) is 17.0 Å². The average Bonchev–Trinajstić information content (AvgIpc) is 2.65. The minimum absolute atomic E-state index is 0.107. The number of likely N-dealkylation sites (N-methyl/N-ethyl adjacent to an activating group) is 1. The number of piperazine rings is 1. The highest BCUT2D eigenvalue weighted by atomic mass is 16.6.